The number of halogens is 3. The Morgan fingerprint density at radius 3 is 2.10 bits per heavy atom. The lowest BCUT2D eigenvalue weighted by Gasteiger charge is -2.31. The maximum Gasteiger partial charge on any atom is 0.416 e. The third-order valence-corrected chi connectivity index (χ3v) is 3.66. The normalized spacial score (nSPS) is 12.4. The first-order chi connectivity index (χ1) is 9.69. The zero-order valence-electron chi connectivity index (χ0n) is 12.1. The smallest absolute Gasteiger partial charge is 0.416 e. The molecule has 1 rings (SSSR count). The number of alkyl halides is 3. The van der Waals surface area contributed by atoms with Crippen LogP contribution in [0, 0.1) is 0 Å². The minimum Gasteiger partial charge on any atom is -0.481 e. The SMILES string of the molecule is CCCC(CCC)(C(=O)O)c1cc(C(F)(F)F)ccc1N. The first-order valence-electron chi connectivity index (χ1n) is 6.89. The molecule has 0 aromatic heterocycles. The summed E-state index contributed by atoms with van der Waals surface area (Å²) in [6.45, 7) is 3.61. The number of nitrogen functional groups attached to an aromatic ring is 1. The van der Waals surface area contributed by atoms with Crippen LogP contribution in [-0.4, -0.2) is 11.1 Å². The second kappa shape index (κ2) is 6.37. The second-order valence-corrected chi connectivity index (χ2v) is 5.19. The molecular formula is C15H20F3NO2. The van der Waals surface area contributed by atoms with E-state index < -0.39 is 23.1 Å². The number of carbonyl (C=O) groups is 1. The Hall–Kier alpha value is -1.72. The monoisotopic (exact) mass is 303 g/mol. The lowest BCUT2D eigenvalue weighted by molar-refractivity contribution is -0.145. The van der Waals surface area contributed by atoms with E-state index in [1.807, 2.05) is 0 Å². The number of benzene rings is 1. The molecule has 0 aliphatic heterocycles. The zero-order chi connectivity index (χ0) is 16.3. The average molecular weight is 303 g/mol. The van der Waals surface area contributed by atoms with E-state index in [1.54, 1.807) is 13.8 Å². The number of carboxylic acid groups (broad SMARTS) is 1. The molecule has 0 fully saturated rings. The molecule has 0 bridgehead atoms. The molecule has 3 nitrogen and oxygen atoms in total. The predicted octanol–water partition coefficient (Wildman–Crippen LogP) is 4.21. The Balaban J connectivity index is 3.52. The molecule has 0 radical (unpaired) electrons. The highest BCUT2D eigenvalue weighted by molar-refractivity contribution is 5.84. The number of rotatable bonds is 6. The summed E-state index contributed by atoms with van der Waals surface area (Å²) >= 11 is 0. The molecule has 1 aromatic carbocycles. The molecule has 0 unspecified atom stereocenters. The Morgan fingerprint density at radius 2 is 1.71 bits per heavy atom. The van der Waals surface area contributed by atoms with Gasteiger partial charge in [0.2, 0.25) is 0 Å². The van der Waals surface area contributed by atoms with Gasteiger partial charge in [-0.05, 0) is 36.6 Å². The van der Waals surface area contributed by atoms with Crippen molar-refractivity contribution in [1.29, 1.82) is 0 Å². The van der Waals surface area contributed by atoms with Gasteiger partial charge in [0.1, 0.15) is 0 Å². The summed E-state index contributed by atoms with van der Waals surface area (Å²) in [5.74, 6) is -1.13. The molecule has 21 heavy (non-hydrogen) atoms. The number of nitrogens with two attached hydrogens (primary N) is 1. The van der Waals surface area contributed by atoms with Crippen molar-refractivity contribution in [2.75, 3.05) is 5.73 Å². The van der Waals surface area contributed by atoms with Gasteiger partial charge in [-0.3, -0.25) is 4.79 Å². The van der Waals surface area contributed by atoms with Gasteiger partial charge in [-0.25, -0.2) is 0 Å². The molecule has 0 aliphatic carbocycles. The highest BCUT2D eigenvalue weighted by Crippen LogP contribution is 2.41. The van der Waals surface area contributed by atoms with Crippen molar-refractivity contribution < 1.29 is 23.1 Å². The molecular weight excluding hydrogens is 283 g/mol. The third kappa shape index (κ3) is 3.49. The summed E-state index contributed by atoms with van der Waals surface area (Å²) in [5.41, 5.74) is 3.70. The van der Waals surface area contributed by atoms with Gasteiger partial charge in [-0.2, -0.15) is 13.2 Å². The summed E-state index contributed by atoms with van der Waals surface area (Å²) in [6.07, 6.45) is -2.93. The highest BCUT2D eigenvalue weighted by atomic mass is 19.4. The van der Waals surface area contributed by atoms with E-state index in [1.165, 1.54) is 0 Å². The number of aliphatic carboxylic acids is 1. The molecule has 0 heterocycles. The number of hydrogen-bond acceptors (Lipinski definition) is 2. The summed E-state index contributed by atoms with van der Waals surface area (Å²) in [4.78, 5) is 11.8. The van der Waals surface area contributed by atoms with Crippen LogP contribution in [0.5, 0.6) is 0 Å². The van der Waals surface area contributed by atoms with E-state index in [9.17, 15) is 23.1 Å². The largest absolute Gasteiger partial charge is 0.481 e. The lowest BCUT2D eigenvalue weighted by Crippen LogP contribution is -2.36. The van der Waals surface area contributed by atoms with Crippen molar-refractivity contribution in [2.45, 2.75) is 51.1 Å². The first kappa shape index (κ1) is 17.3. The number of hydrogen-bond donors (Lipinski definition) is 2. The third-order valence-electron chi connectivity index (χ3n) is 3.66. The van der Waals surface area contributed by atoms with Crippen LogP contribution in [0.2, 0.25) is 0 Å². The first-order valence-corrected chi connectivity index (χ1v) is 6.89. The topological polar surface area (TPSA) is 63.3 Å². The highest BCUT2D eigenvalue weighted by Gasteiger charge is 2.42. The van der Waals surface area contributed by atoms with Gasteiger partial charge in [-0.1, -0.05) is 26.7 Å². The zero-order valence-corrected chi connectivity index (χ0v) is 12.1. The van der Waals surface area contributed by atoms with Crippen LogP contribution in [0.1, 0.15) is 50.7 Å². The molecule has 0 spiro atoms. The molecule has 118 valence electrons. The summed E-state index contributed by atoms with van der Waals surface area (Å²) < 4.78 is 38.6. The van der Waals surface area contributed by atoms with E-state index in [0.29, 0.717) is 12.8 Å². The Kier molecular flexibility index (Phi) is 5.25. The summed E-state index contributed by atoms with van der Waals surface area (Å²) in [7, 11) is 0. The van der Waals surface area contributed by atoms with Crippen molar-refractivity contribution >= 4 is 11.7 Å². The second-order valence-electron chi connectivity index (χ2n) is 5.19. The molecule has 0 aliphatic rings. The quantitative estimate of drug-likeness (QED) is 0.774. The maximum atomic E-state index is 12.9. The molecule has 0 saturated carbocycles. The van der Waals surface area contributed by atoms with Crippen LogP contribution >= 0.6 is 0 Å². The van der Waals surface area contributed by atoms with E-state index >= 15 is 0 Å². The molecule has 1 aromatic rings. The van der Waals surface area contributed by atoms with Crippen molar-refractivity contribution in [3.05, 3.63) is 29.3 Å². The van der Waals surface area contributed by atoms with Gasteiger partial charge in [0.15, 0.2) is 0 Å². The Morgan fingerprint density at radius 1 is 1.19 bits per heavy atom. The molecule has 0 saturated heterocycles. The van der Waals surface area contributed by atoms with Gasteiger partial charge in [0.05, 0.1) is 11.0 Å². The fraction of sp³-hybridized carbons (Fsp3) is 0.533. The van der Waals surface area contributed by atoms with E-state index in [0.717, 1.165) is 18.2 Å². The summed E-state index contributed by atoms with van der Waals surface area (Å²) in [5, 5.41) is 9.62. The lowest BCUT2D eigenvalue weighted by atomic mass is 9.72. The van der Waals surface area contributed by atoms with Gasteiger partial charge in [0, 0.05) is 5.69 Å². The van der Waals surface area contributed by atoms with Crippen molar-refractivity contribution in [3.8, 4) is 0 Å². The number of carboxylic acids is 1. The standard InChI is InChI=1S/C15H20F3NO2/c1-3-7-14(8-4-2,13(20)21)11-9-10(15(16,17)18)5-6-12(11)19/h5-6,9H,3-4,7-8,19H2,1-2H3,(H,20,21). The van der Waals surface area contributed by atoms with Crippen LogP contribution in [0.3, 0.4) is 0 Å². The minimum atomic E-state index is -4.52. The maximum absolute atomic E-state index is 12.9. The molecule has 3 N–H and O–H groups in total. The van der Waals surface area contributed by atoms with Crippen molar-refractivity contribution in [3.63, 3.8) is 0 Å². The van der Waals surface area contributed by atoms with Crippen LogP contribution < -0.4 is 5.73 Å². The fourth-order valence-electron chi connectivity index (χ4n) is 2.72. The van der Waals surface area contributed by atoms with E-state index in [4.69, 9.17) is 5.73 Å². The van der Waals surface area contributed by atoms with Gasteiger partial charge >= 0.3 is 12.1 Å². The van der Waals surface area contributed by atoms with Gasteiger partial charge < -0.3 is 10.8 Å². The minimum absolute atomic E-state index is 0.0634. The summed E-state index contributed by atoms with van der Waals surface area (Å²) in [6, 6.07) is 2.90. The van der Waals surface area contributed by atoms with Crippen LogP contribution in [0.4, 0.5) is 18.9 Å². The van der Waals surface area contributed by atoms with Gasteiger partial charge in [-0.15, -0.1) is 0 Å². The Bertz CT molecular complexity index is 506. The van der Waals surface area contributed by atoms with Crippen LogP contribution in [0.25, 0.3) is 0 Å². The Labute approximate surface area is 122 Å². The van der Waals surface area contributed by atoms with Crippen LogP contribution in [-0.2, 0) is 16.4 Å². The number of anilines is 1. The van der Waals surface area contributed by atoms with E-state index in [-0.39, 0.29) is 24.1 Å². The van der Waals surface area contributed by atoms with Crippen molar-refractivity contribution in [1.82, 2.24) is 0 Å². The molecule has 0 atom stereocenters. The van der Waals surface area contributed by atoms with Gasteiger partial charge in [0.25, 0.3) is 0 Å². The molecule has 6 heteroatoms. The fourth-order valence-corrected chi connectivity index (χ4v) is 2.72. The molecule has 0 amide bonds. The van der Waals surface area contributed by atoms with Crippen molar-refractivity contribution in [2.24, 2.45) is 0 Å². The average Bonchev–Trinajstić information content (AvgIpc) is 2.37. The predicted molar refractivity (Wildman–Crippen MR) is 75.0 cm³/mol. The van der Waals surface area contributed by atoms with E-state index in [2.05, 4.69) is 0 Å². The van der Waals surface area contributed by atoms with Crippen LogP contribution in [0.15, 0.2) is 18.2 Å².